The van der Waals surface area contributed by atoms with E-state index in [2.05, 4.69) is 52.5 Å². The average Bonchev–Trinajstić information content (AvgIpc) is 2.77. The number of likely N-dealkylation sites (N-methyl/N-ethyl adjacent to an activating group) is 1. The summed E-state index contributed by atoms with van der Waals surface area (Å²) in [6.45, 7) is 4.92. The maximum atomic E-state index is 12.3. The molecule has 2 aromatic rings. The van der Waals surface area contributed by atoms with Gasteiger partial charge in [-0.15, -0.1) is 0 Å². The topological polar surface area (TPSA) is 44.8 Å². The molecule has 1 aliphatic heterocycles. The predicted octanol–water partition coefficient (Wildman–Crippen LogP) is 3.01. The summed E-state index contributed by atoms with van der Waals surface area (Å²) in [5.41, 5.74) is 5.01. The molecule has 0 aromatic heterocycles. The summed E-state index contributed by atoms with van der Waals surface area (Å²) in [4.78, 5) is 17.0. The second kappa shape index (κ2) is 9.31. The van der Waals surface area contributed by atoms with Crippen molar-refractivity contribution in [2.45, 2.75) is 32.2 Å². The first kappa shape index (κ1) is 19.8. The predicted molar refractivity (Wildman–Crippen MR) is 117 cm³/mol. The van der Waals surface area contributed by atoms with Crippen LogP contribution in [0.4, 0.5) is 5.69 Å². The summed E-state index contributed by atoms with van der Waals surface area (Å²) in [6, 6.07) is 14.7. The lowest BCUT2D eigenvalue weighted by Crippen LogP contribution is -2.44. The van der Waals surface area contributed by atoms with Crippen molar-refractivity contribution in [3.8, 4) is 5.75 Å². The average molecular weight is 394 g/mol. The van der Waals surface area contributed by atoms with Crippen molar-refractivity contribution in [2.24, 2.45) is 0 Å². The zero-order valence-corrected chi connectivity index (χ0v) is 17.3. The number of amides is 1. The Hall–Kier alpha value is -2.53. The molecule has 1 fully saturated rings. The molecule has 1 N–H and O–H groups in total. The number of anilines is 1. The van der Waals surface area contributed by atoms with E-state index in [1.807, 2.05) is 12.1 Å². The molecule has 1 amide bonds. The second-order valence-corrected chi connectivity index (χ2v) is 8.12. The zero-order valence-electron chi connectivity index (χ0n) is 17.3. The number of piperazine rings is 1. The molecule has 0 unspecified atom stereocenters. The van der Waals surface area contributed by atoms with Crippen LogP contribution in [-0.4, -0.2) is 50.6 Å². The Bertz CT molecular complexity index is 827. The first-order valence-electron chi connectivity index (χ1n) is 10.7. The Morgan fingerprint density at radius 2 is 1.76 bits per heavy atom. The largest absolute Gasteiger partial charge is 0.483 e. The Kier molecular flexibility index (Phi) is 6.35. The van der Waals surface area contributed by atoms with Crippen LogP contribution in [0.1, 0.15) is 29.5 Å². The fraction of sp³-hybridized carbons (Fsp3) is 0.458. The van der Waals surface area contributed by atoms with Crippen molar-refractivity contribution in [1.82, 2.24) is 10.2 Å². The van der Waals surface area contributed by atoms with Crippen LogP contribution in [0.2, 0.25) is 0 Å². The van der Waals surface area contributed by atoms with Gasteiger partial charge in [-0.3, -0.25) is 4.79 Å². The minimum absolute atomic E-state index is 0.0653. The van der Waals surface area contributed by atoms with Crippen molar-refractivity contribution < 1.29 is 9.53 Å². The molecule has 4 rings (SSSR count). The van der Waals surface area contributed by atoms with Crippen LogP contribution in [0, 0.1) is 0 Å². The van der Waals surface area contributed by atoms with E-state index in [4.69, 9.17) is 4.74 Å². The third-order valence-electron chi connectivity index (χ3n) is 6.01. The summed E-state index contributed by atoms with van der Waals surface area (Å²) >= 11 is 0. The van der Waals surface area contributed by atoms with Gasteiger partial charge in [0.15, 0.2) is 6.61 Å². The number of carbonyl (C=O) groups excluding carboxylic acids is 1. The fourth-order valence-corrected chi connectivity index (χ4v) is 4.17. The maximum Gasteiger partial charge on any atom is 0.258 e. The highest BCUT2D eigenvalue weighted by molar-refractivity contribution is 5.77. The summed E-state index contributed by atoms with van der Waals surface area (Å²) in [6.07, 6.45) is 4.60. The molecule has 29 heavy (non-hydrogen) atoms. The molecule has 5 nitrogen and oxygen atoms in total. The molecule has 154 valence electrons. The molecule has 2 aromatic carbocycles. The molecular weight excluding hydrogens is 362 g/mol. The van der Waals surface area contributed by atoms with E-state index in [9.17, 15) is 4.79 Å². The highest BCUT2D eigenvalue weighted by Crippen LogP contribution is 2.29. The van der Waals surface area contributed by atoms with E-state index in [1.165, 1.54) is 29.7 Å². The van der Waals surface area contributed by atoms with E-state index >= 15 is 0 Å². The van der Waals surface area contributed by atoms with Gasteiger partial charge < -0.3 is 19.9 Å². The molecule has 1 saturated heterocycles. The summed E-state index contributed by atoms with van der Waals surface area (Å²) < 4.78 is 5.84. The third-order valence-corrected chi connectivity index (χ3v) is 6.01. The second-order valence-electron chi connectivity index (χ2n) is 8.12. The van der Waals surface area contributed by atoms with Gasteiger partial charge in [0.2, 0.25) is 0 Å². The first-order valence-corrected chi connectivity index (χ1v) is 10.7. The molecule has 1 heterocycles. The van der Waals surface area contributed by atoms with E-state index in [1.54, 1.807) is 0 Å². The molecule has 0 spiro atoms. The van der Waals surface area contributed by atoms with Gasteiger partial charge in [-0.2, -0.15) is 0 Å². The van der Waals surface area contributed by atoms with E-state index in [0.717, 1.165) is 50.3 Å². The number of benzene rings is 2. The lowest BCUT2D eigenvalue weighted by Gasteiger charge is -2.34. The van der Waals surface area contributed by atoms with Gasteiger partial charge in [0.05, 0.1) is 0 Å². The zero-order chi connectivity index (χ0) is 20.1. The number of rotatable bonds is 6. The molecule has 0 saturated carbocycles. The number of nitrogens with zero attached hydrogens (tertiary/aromatic N) is 2. The monoisotopic (exact) mass is 393 g/mol. The SMILES string of the molecule is CN1CCN(c2ccc(CNC(=O)COc3cccc4c3CCCC4)cc2)CC1. The molecular formula is C24H31N3O2. The minimum atomic E-state index is -0.0819. The molecule has 0 bridgehead atoms. The van der Waals surface area contributed by atoms with Gasteiger partial charge in [0, 0.05) is 38.4 Å². The fourth-order valence-electron chi connectivity index (χ4n) is 4.17. The molecule has 0 atom stereocenters. The van der Waals surface area contributed by atoms with Crippen molar-refractivity contribution in [2.75, 3.05) is 44.7 Å². The Morgan fingerprint density at radius 3 is 2.55 bits per heavy atom. The Labute approximate surface area is 173 Å². The third kappa shape index (κ3) is 5.10. The smallest absolute Gasteiger partial charge is 0.258 e. The van der Waals surface area contributed by atoms with Crippen molar-refractivity contribution >= 4 is 11.6 Å². The van der Waals surface area contributed by atoms with E-state index < -0.39 is 0 Å². The molecule has 2 aliphatic rings. The van der Waals surface area contributed by atoms with E-state index in [0.29, 0.717) is 6.54 Å². The van der Waals surface area contributed by atoms with Crippen LogP contribution >= 0.6 is 0 Å². The van der Waals surface area contributed by atoms with Gasteiger partial charge in [-0.25, -0.2) is 0 Å². The van der Waals surface area contributed by atoms with Crippen molar-refractivity contribution in [1.29, 1.82) is 0 Å². The van der Waals surface area contributed by atoms with Crippen molar-refractivity contribution in [3.63, 3.8) is 0 Å². The van der Waals surface area contributed by atoms with Gasteiger partial charge >= 0.3 is 0 Å². The Balaban J connectivity index is 1.25. The minimum Gasteiger partial charge on any atom is -0.483 e. The van der Waals surface area contributed by atoms with Gasteiger partial charge in [0.1, 0.15) is 5.75 Å². The number of ether oxygens (including phenoxy) is 1. The van der Waals surface area contributed by atoms with Crippen molar-refractivity contribution in [3.05, 3.63) is 59.2 Å². The highest BCUT2D eigenvalue weighted by atomic mass is 16.5. The standard InChI is InChI=1S/C24H31N3O2/c1-26-13-15-27(16-14-26)21-11-9-19(10-12-21)17-25-24(28)18-29-23-8-4-6-20-5-2-3-7-22(20)23/h4,6,8-12H,2-3,5,7,13-18H2,1H3,(H,25,28). The highest BCUT2D eigenvalue weighted by Gasteiger charge is 2.15. The van der Waals surface area contributed by atoms with Gasteiger partial charge in [-0.1, -0.05) is 24.3 Å². The molecule has 5 heteroatoms. The van der Waals surface area contributed by atoms with Crippen LogP contribution in [0.15, 0.2) is 42.5 Å². The van der Waals surface area contributed by atoms with Crippen LogP contribution in [0.25, 0.3) is 0 Å². The quantitative estimate of drug-likeness (QED) is 0.820. The van der Waals surface area contributed by atoms with Crippen LogP contribution in [0.5, 0.6) is 5.75 Å². The molecule has 1 aliphatic carbocycles. The Morgan fingerprint density at radius 1 is 1.00 bits per heavy atom. The summed E-state index contributed by atoms with van der Waals surface area (Å²) in [7, 11) is 2.17. The van der Waals surface area contributed by atoms with Crippen LogP contribution in [0.3, 0.4) is 0 Å². The normalized spacial score (nSPS) is 16.9. The maximum absolute atomic E-state index is 12.3. The lowest BCUT2D eigenvalue weighted by atomic mass is 9.91. The summed E-state index contributed by atoms with van der Waals surface area (Å²) in [5, 5.41) is 2.97. The number of hydrogen-bond acceptors (Lipinski definition) is 4. The lowest BCUT2D eigenvalue weighted by molar-refractivity contribution is -0.123. The van der Waals surface area contributed by atoms with Gasteiger partial charge in [0.25, 0.3) is 5.91 Å². The molecule has 0 radical (unpaired) electrons. The number of carbonyl (C=O) groups is 1. The summed E-state index contributed by atoms with van der Waals surface area (Å²) in [5.74, 6) is 0.787. The van der Waals surface area contributed by atoms with Crippen LogP contribution < -0.4 is 15.0 Å². The number of aryl methyl sites for hydroxylation is 1. The number of hydrogen-bond donors (Lipinski definition) is 1. The van der Waals surface area contributed by atoms with E-state index in [-0.39, 0.29) is 12.5 Å². The van der Waals surface area contributed by atoms with Gasteiger partial charge in [-0.05, 0) is 67.6 Å². The number of fused-ring (bicyclic) bond motifs is 1. The number of nitrogens with one attached hydrogen (secondary N) is 1. The van der Waals surface area contributed by atoms with Crippen LogP contribution in [-0.2, 0) is 24.2 Å². The first-order chi connectivity index (χ1) is 14.2.